The number of imidazole rings is 1. The van der Waals surface area contributed by atoms with Crippen LogP contribution in [0.4, 0.5) is 14.5 Å². The number of nitrogens with one attached hydrogen (secondary N) is 1. The number of halogens is 3. The summed E-state index contributed by atoms with van der Waals surface area (Å²) < 4.78 is 30.6. The monoisotopic (exact) mass is 465 g/mol. The van der Waals surface area contributed by atoms with Crippen molar-refractivity contribution in [3.8, 4) is 11.4 Å². The molecule has 0 amide bonds. The van der Waals surface area contributed by atoms with Crippen molar-refractivity contribution in [3.05, 3.63) is 83.4 Å². The van der Waals surface area contributed by atoms with E-state index in [4.69, 9.17) is 16.6 Å². The Morgan fingerprint density at radius 1 is 0.939 bits per heavy atom. The number of fused-ring (bicyclic) bond motifs is 1. The van der Waals surface area contributed by atoms with Gasteiger partial charge in [0.1, 0.15) is 5.82 Å². The second-order valence-corrected chi connectivity index (χ2v) is 9.22. The van der Waals surface area contributed by atoms with Crippen LogP contribution in [0.2, 0.25) is 5.02 Å². The van der Waals surface area contributed by atoms with Crippen LogP contribution in [0.5, 0.6) is 0 Å². The van der Waals surface area contributed by atoms with E-state index in [1.807, 2.05) is 54.6 Å². The van der Waals surface area contributed by atoms with Crippen molar-refractivity contribution in [2.24, 2.45) is 5.92 Å². The fourth-order valence-corrected chi connectivity index (χ4v) is 5.12. The normalized spacial score (nSPS) is 15.6. The van der Waals surface area contributed by atoms with Crippen LogP contribution in [0.3, 0.4) is 0 Å². The van der Waals surface area contributed by atoms with E-state index in [9.17, 15) is 8.78 Å². The summed E-state index contributed by atoms with van der Waals surface area (Å²) >= 11 is 6.12. The Labute approximate surface area is 197 Å². The average molecular weight is 466 g/mol. The zero-order chi connectivity index (χ0) is 22.8. The van der Waals surface area contributed by atoms with E-state index in [-0.39, 0.29) is 6.04 Å². The highest BCUT2D eigenvalue weighted by Crippen LogP contribution is 2.39. The van der Waals surface area contributed by atoms with E-state index in [2.05, 4.69) is 9.88 Å². The molecule has 1 heterocycles. The van der Waals surface area contributed by atoms with E-state index in [0.717, 1.165) is 24.1 Å². The predicted molar refractivity (Wildman–Crippen MR) is 131 cm³/mol. The van der Waals surface area contributed by atoms with Crippen molar-refractivity contribution in [2.45, 2.75) is 38.1 Å². The third-order valence-corrected chi connectivity index (χ3v) is 6.90. The fraction of sp³-hybridized carbons (Fsp3) is 0.296. The molecular weight excluding hydrogens is 440 g/mol. The van der Waals surface area contributed by atoms with Gasteiger partial charge in [-0.05, 0) is 55.2 Å². The Hall–Kier alpha value is -2.92. The van der Waals surface area contributed by atoms with Gasteiger partial charge in [-0.15, -0.1) is 0 Å². The van der Waals surface area contributed by atoms with Crippen molar-refractivity contribution in [2.75, 3.05) is 11.9 Å². The fourth-order valence-electron chi connectivity index (χ4n) is 4.99. The summed E-state index contributed by atoms with van der Waals surface area (Å²) in [5.41, 5.74) is 2.98. The molecule has 1 aromatic heterocycles. The van der Waals surface area contributed by atoms with Crippen LogP contribution in [0.25, 0.3) is 22.4 Å². The quantitative estimate of drug-likeness (QED) is 0.314. The second kappa shape index (κ2) is 9.52. The van der Waals surface area contributed by atoms with Crippen molar-refractivity contribution in [1.29, 1.82) is 0 Å². The standard InChI is InChI=1S/C27H26ClF2N3/c28-20-13-11-19(12-14-20)27-32-24-15-22(29)23(30)16-25(24)33(27)26(18-7-3-1-4-8-18)17-31-21-9-5-2-6-10-21/h2,5-6,9-16,18,26,31H,1,3-4,7-8,17H2. The molecular formula is C27H26ClF2N3. The summed E-state index contributed by atoms with van der Waals surface area (Å²) in [5.74, 6) is -0.625. The van der Waals surface area contributed by atoms with Gasteiger partial charge in [0.15, 0.2) is 11.6 Å². The first-order chi connectivity index (χ1) is 16.1. The molecule has 3 nitrogen and oxygen atoms in total. The summed E-state index contributed by atoms with van der Waals surface area (Å²) in [6.45, 7) is 0.666. The van der Waals surface area contributed by atoms with Gasteiger partial charge in [-0.1, -0.05) is 49.1 Å². The van der Waals surface area contributed by atoms with Crippen LogP contribution in [0, 0.1) is 17.6 Å². The van der Waals surface area contributed by atoms with Gasteiger partial charge >= 0.3 is 0 Å². The van der Waals surface area contributed by atoms with Gasteiger partial charge in [-0.25, -0.2) is 13.8 Å². The van der Waals surface area contributed by atoms with Crippen LogP contribution in [-0.4, -0.2) is 16.1 Å². The number of aromatic nitrogens is 2. The van der Waals surface area contributed by atoms with Crippen molar-refractivity contribution >= 4 is 28.3 Å². The SMILES string of the molecule is Fc1cc2nc(-c3ccc(Cl)cc3)n(C(CNc3ccccc3)C3CCCCC3)c2cc1F. The van der Waals surface area contributed by atoms with E-state index in [1.165, 1.54) is 31.4 Å². The minimum absolute atomic E-state index is 0.0334. The topological polar surface area (TPSA) is 29.9 Å². The summed E-state index contributed by atoms with van der Waals surface area (Å²) in [6.07, 6.45) is 5.80. The zero-order valence-electron chi connectivity index (χ0n) is 18.3. The highest BCUT2D eigenvalue weighted by atomic mass is 35.5. The molecule has 3 aromatic carbocycles. The lowest BCUT2D eigenvalue weighted by Crippen LogP contribution is -2.28. The number of anilines is 1. The van der Waals surface area contributed by atoms with Crippen LogP contribution in [0.1, 0.15) is 38.1 Å². The van der Waals surface area contributed by atoms with E-state index < -0.39 is 11.6 Å². The van der Waals surface area contributed by atoms with Crippen LogP contribution in [-0.2, 0) is 0 Å². The molecule has 0 aliphatic heterocycles. The number of nitrogens with zero attached hydrogens (tertiary/aromatic N) is 2. The lowest BCUT2D eigenvalue weighted by molar-refractivity contribution is 0.262. The Balaban J connectivity index is 1.65. The molecule has 1 aliphatic carbocycles. The molecule has 1 aliphatic rings. The summed E-state index contributed by atoms with van der Waals surface area (Å²) in [5, 5.41) is 4.20. The highest BCUT2D eigenvalue weighted by Gasteiger charge is 2.29. The maximum Gasteiger partial charge on any atom is 0.161 e. The van der Waals surface area contributed by atoms with Crippen LogP contribution < -0.4 is 5.32 Å². The van der Waals surface area contributed by atoms with Gasteiger partial charge in [0.05, 0.1) is 17.1 Å². The lowest BCUT2D eigenvalue weighted by Gasteiger charge is -2.33. The third kappa shape index (κ3) is 4.60. The molecule has 1 atom stereocenters. The Morgan fingerprint density at radius 3 is 2.36 bits per heavy atom. The van der Waals surface area contributed by atoms with Gasteiger partial charge in [0.25, 0.3) is 0 Å². The van der Waals surface area contributed by atoms with Crippen LogP contribution >= 0.6 is 11.6 Å². The molecule has 1 unspecified atom stereocenters. The first-order valence-electron chi connectivity index (χ1n) is 11.5. The molecule has 1 N–H and O–H groups in total. The molecule has 0 spiro atoms. The van der Waals surface area contributed by atoms with Gasteiger partial charge in [0, 0.05) is 35.0 Å². The number of benzene rings is 3. The molecule has 0 radical (unpaired) electrons. The number of hydrogen-bond acceptors (Lipinski definition) is 2. The molecule has 33 heavy (non-hydrogen) atoms. The molecule has 0 bridgehead atoms. The van der Waals surface area contributed by atoms with E-state index in [0.29, 0.717) is 34.3 Å². The van der Waals surface area contributed by atoms with Gasteiger partial charge in [-0.2, -0.15) is 0 Å². The summed E-state index contributed by atoms with van der Waals surface area (Å²) in [4.78, 5) is 4.77. The maximum absolute atomic E-state index is 14.4. The van der Waals surface area contributed by atoms with Gasteiger partial charge < -0.3 is 9.88 Å². The number of rotatable bonds is 6. The molecule has 170 valence electrons. The highest BCUT2D eigenvalue weighted by molar-refractivity contribution is 6.30. The van der Waals surface area contributed by atoms with Gasteiger partial charge in [-0.3, -0.25) is 0 Å². The lowest BCUT2D eigenvalue weighted by atomic mass is 9.83. The smallest absolute Gasteiger partial charge is 0.161 e. The molecule has 0 saturated heterocycles. The third-order valence-electron chi connectivity index (χ3n) is 6.65. The minimum Gasteiger partial charge on any atom is -0.383 e. The average Bonchev–Trinajstić information content (AvgIpc) is 3.19. The van der Waals surface area contributed by atoms with Crippen molar-refractivity contribution in [3.63, 3.8) is 0 Å². The largest absolute Gasteiger partial charge is 0.383 e. The van der Waals surface area contributed by atoms with E-state index in [1.54, 1.807) is 0 Å². The Kier molecular flexibility index (Phi) is 6.32. The molecule has 1 fully saturated rings. The first kappa shape index (κ1) is 21.9. The molecule has 4 aromatic rings. The zero-order valence-corrected chi connectivity index (χ0v) is 19.0. The second-order valence-electron chi connectivity index (χ2n) is 8.78. The summed E-state index contributed by atoms with van der Waals surface area (Å²) in [6, 6.07) is 20.1. The predicted octanol–water partition coefficient (Wildman–Crippen LogP) is 7.87. The van der Waals surface area contributed by atoms with Crippen molar-refractivity contribution in [1.82, 2.24) is 9.55 Å². The molecule has 5 rings (SSSR count). The maximum atomic E-state index is 14.4. The first-order valence-corrected chi connectivity index (χ1v) is 11.9. The Bertz CT molecular complexity index is 1230. The van der Waals surface area contributed by atoms with E-state index >= 15 is 0 Å². The Morgan fingerprint density at radius 2 is 1.64 bits per heavy atom. The number of para-hydroxylation sites is 1. The molecule has 1 saturated carbocycles. The minimum atomic E-state index is -0.883. The molecule has 6 heteroatoms. The van der Waals surface area contributed by atoms with Crippen LogP contribution in [0.15, 0.2) is 66.7 Å². The van der Waals surface area contributed by atoms with Gasteiger partial charge in [0.2, 0.25) is 0 Å². The van der Waals surface area contributed by atoms with Crippen molar-refractivity contribution < 1.29 is 8.78 Å². The number of hydrogen-bond donors (Lipinski definition) is 1. The summed E-state index contributed by atoms with van der Waals surface area (Å²) in [7, 11) is 0.